The molecule has 39 heavy (non-hydrogen) atoms. The third-order valence-electron chi connectivity index (χ3n) is 6.18. The van der Waals surface area contributed by atoms with E-state index in [9.17, 15) is 22.8 Å². The van der Waals surface area contributed by atoms with Crippen molar-refractivity contribution in [2.75, 3.05) is 50.9 Å². The van der Waals surface area contributed by atoms with Gasteiger partial charge in [-0.2, -0.15) is 0 Å². The van der Waals surface area contributed by atoms with Crippen molar-refractivity contribution < 1.29 is 22.7 Å². The van der Waals surface area contributed by atoms with Crippen molar-refractivity contribution in [2.24, 2.45) is 0 Å². The van der Waals surface area contributed by atoms with Crippen LogP contribution >= 0.6 is 22.9 Å². The average molecular weight is 593 g/mol. The molecule has 2 N–H and O–H groups in total. The van der Waals surface area contributed by atoms with Crippen molar-refractivity contribution in [3.05, 3.63) is 85.9 Å². The van der Waals surface area contributed by atoms with Crippen LogP contribution in [0.4, 0.5) is 0 Å². The summed E-state index contributed by atoms with van der Waals surface area (Å²) in [6, 6.07) is 14.2. The van der Waals surface area contributed by atoms with Gasteiger partial charge in [-0.1, -0.05) is 17.7 Å². The van der Waals surface area contributed by atoms with Gasteiger partial charge in [-0.3, -0.25) is 23.9 Å². The minimum absolute atomic E-state index is 0.125. The molecule has 10 nitrogen and oxygen atoms in total. The van der Waals surface area contributed by atoms with Crippen LogP contribution in [0.5, 0.6) is 0 Å². The molecule has 3 aromatic rings. The van der Waals surface area contributed by atoms with Gasteiger partial charge in [-0.15, -0.1) is 11.3 Å². The maximum absolute atomic E-state index is 13.0. The Morgan fingerprint density at radius 1 is 1.03 bits per heavy atom. The summed E-state index contributed by atoms with van der Waals surface area (Å²) >= 11 is 7.09. The minimum atomic E-state index is -2.95. The molecule has 1 saturated heterocycles. The average Bonchev–Trinajstić information content (AvgIpc) is 3.37. The van der Waals surface area contributed by atoms with Crippen molar-refractivity contribution >= 4 is 44.6 Å². The largest absolute Gasteiger partial charge is 0.378 e. The smallest absolute Gasteiger partial charge is 0.261 e. The van der Waals surface area contributed by atoms with Crippen LogP contribution in [0.3, 0.4) is 0 Å². The molecule has 208 valence electrons. The summed E-state index contributed by atoms with van der Waals surface area (Å²) in [5, 5.41) is 5.71. The van der Waals surface area contributed by atoms with E-state index in [1.807, 2.05) is 4.90 Å². The number of pyridine rings is 1. The van der Waals surface area contributed by atoms with Crippen molar-refractivity contribution in [3.63, 3.8) is 0 Å². The molecule has 13 heteroatoms. The Kier molecular flexibility index (Phi) is 9.92. The first-order valence-electron chi connectivity index (χ1n) is 12.3. The number of thiophene rings is 1. The zero-order valence-corrected chi connectivity index (χ0v) is 23.4. The summed E-state index contributed by atoms with van der Waals surface area (Å²) in [6.07, 6.45) is 1.65. The molecule has 1 aromatic carbocycles. The van der Waals surface area contributed by atoms with E-state index in [4.69, 9.17) is 16.3 Å². The third-order valence-corrected chi connectivity index (χ3v) is 9.02. The SMILES string of the molecule is O=C(NC(CNC(=O)c1ccc(Cl)s1)COCCN1CCS(=O)(=O)CC1)c1ccc(-n2ccccc2=O)cc1. The third kappa shape index (κ3) is 8.48. The lowest BCUT2D eigenvalue weighted by Crippen LogP contribution is -2.47. The highest BCUT2D eigenvalue weighted by Gasteiger charge is 2.22. The Bertz CT molecular complexity index is 1440. The van der Waals surface area contributed by atoms with Gasteiger partial charge in [-0.25, -0.2) is 8.42 Å². The summed E-state index contributed by atoms with van der Waals surface area (Å²) in [7, 11) is -2.95. The number of amides is 2. The fraction of sp³-hybridized carbons (Fsp3) is 0.346. The lowest BCUT2D eigenvalue weighted by Gasteiger charge is -2.26. The Hall–Kier alpha value is -3.03. The number of nitrogens with one attached hydrogen (secondary N) is 2. The predicted octanol–water partition coefficient (Wildman–Crippen LogP) is 1.83. The Labute approximate surface area is 235 Å². The van der Waals surface area contributed by atoms with Crippen LogP contribution in [-0.2, 0) is 14.6 Å². The van der Waals surface area contributed by atoms with Gasteiger partial charge in [0.25, 0.3) is 17.4 Å². The van der Waals surface area contributed by atoms with Gasteiger partial charge in [0.1, 0.15) is 0 Å². The van der Waals surface area contributed by atoms with Crippen molar-refractivity contribution in [1.82, 2.24) is 20.1 Å². The first kappa shape index (κ1) is 29.0. The first-order valence-corrected chi connectivity index (χ1v) is 15.3. The molecule has 0 saturated carbocycles. The van der Waals surface area contributed by atoms with Crippen LogP contribution in [-0.4, -0.2) is 86.6 Å². The maximum atomic E-state index is 13.0. The van der Waals surface area contributed by atoms with Crippen LogP contribution < -0.4 is 16.2 Å². The van der Waals surface area contributed by atoms with Crippen LogP contribution in [0.25, 0.3) is 5.69 Å². The van der Waals surface area contributed by atoms with E-state index in [2.05, 4.69) is 10.6 Å². The fourth-order valence-corrected chi connectivity index (χ4v) is 6.20. The molecule has 1 unspecified atom stereocenters. The summed E-state index contributed by atoms with van der Waals surface area (Å²) in [5.41, 5.74) is 0.837. The molecule has 0 spiro atoms. The standard InChI is InChI=1S/C26H29ClN4O6S2/c27-23-9-8-22(38-23)26(34)28-17-20(18-37-14-11-30-12-15-39(35,36)16-13-30)29-25(33)19-4-6-21(7-5-19)31-10-2-1-3-24(31)32/h1-10,20H,11-18H2,(H,28,34)(H,29,33). The van der Waals surface area contributed by atoms with E-state index >= 15 is 0 Å². The number of rotatable bonds is 11. The van der Waals surface area contributed by atoms with Gasteiger partial charge < -0.3 is 15.4 Å². The van der Waals surface area contributed by atoms with Gasteiger partial charge in [0.05, 0.1) is 40.0 Å². The summed E-state index contributed by atoms with van der Waals surface area (Å²) in [5.74, 6) is -0.381. The molecule has 0 aliphatic carbocycles. The van der Waals surface area contributed by atoms with E-state index in [0.717, 1.165) is 11.3 Å². The molecule has 4 rings (SSSR count). The number of benzene rings is 1. The van der Waals surface area contributed by atoms with Crippen LogP contribution in [0, 0.1) is 0 Å². The molecule has 3 heterocycles. The minimum Gasteiger partial charge on any atom is -0.378 e. The molecule has 0 bridgehead atoms. The van der Waals surface area contributed by atoms with E-state index in [1.54, 1.807) is 54.7 Å². The quantitative estimate of drug-likeness (QED) is 0.325. The summed E-state index contributed by atoms with van der Waals surface area (Å²) in [6.45, 7) is 2.12. The molecule has 2 aromatic heterocycles. The number of nitrogens with zero attached hydrogens (tertiary/aromatic N) is 2. The maximum Gasteiger partial charge on any atom is 0.261 e. The Morgan fingerprint density at radius 3 is 2.44 bits per heavy atom. The number of ether oxygens (including phenoxy) is 1. The highest BCUT2D eigenvalue weighted by molar-refractivity contribution is 7.91. The first-order chi connectivity index (χ1) is 18.7. The summed E-state index contributed by atoms with van der Waals surface area (Å²) < 4.78 is 31.0. The van der Waals surface area contributed by atoms with E-state index in [1.165, 1.54) is 10.6 Å². The van der Waals surface area contributed by atoms with E-state index in [0.29, 0.717) is 46.7 Å². The second-order valence-electron chi connectivity index (χ2n) is 9.01. The molecule has 0 radical (unpaired) electrons. The van der Waals surface area contributed by atoms with E-state index in [-0.39, 0.29) is 42.0 Å². The van der Waals surface area contributed by atoms with Gasteiger partial charge >= 0.3 is 0 Å². The van der Waals surface area contributed by atoms with Crippen molar-refractivity contribution in [2.45, 2.75) is 6.04 Å². The van der Waals surface area contributed by atoms with Crippen molar-refractivity contribution in [3.8, 4) is 5.69 Å². The zero-order valence-electron chi connectivity index (χ0n) is 21.0. The topological polar surface area (TPSA) is 127 Å². The molecule has 1 aliphatic rings. The molecular weight excluding hydrogens is 564 g/mol. The molecule has 2 amide bonds. The van der Waals surface area contributed by atoms with Crippen molar-refractivity contribution in [1.29, 1.82) is 0 Å². The van der Waals surface area contributed by atoms with Crippen LogP contribution in [0.2, 0.25) is 4.34 Å². The molecular formula is C26H29ClN4O6S2. The number of aromatic nitrogens is 1. The monoisotopic (exact) mass is 592 g/mol. The second kappa shape index (κ2) is 13.4. The zero-order chi connectivity index (χ0) is 27.8. The fourth-order valence-electron chi connectivity index (χ4n) is 3.97. The van der Waals surface area contributed by atoms with Crippen LogP contribution in [0.1, 0.15) is 20.0 Å². The number of sulfone groups is 1. The van der Waals surface area contributed by atoms with E-state index < -0.39 is 15.9 Å². The van der Waals surface area contributed by atoms with Crippen LogP contribution in [0.15, 0.2) is 65.6 Å². The highest BCUT2D eigenvalue weighted by Crippen LogP contribution is 2.21. The number of carbonyl (C=O) groups excluding carboxylic acids is 2. The molecule has 1 fully saturated rings. The lowest BCUT2D eigenvalue weighted by molar-refractivity contribution is 0.0745. The van der Waals surface area contributed by atoms with Gasteiger partial charge in [0, 0.05) is 49.7 Å². The van der Waals surface area contributed by atoms with Gasteiger partial charge in [0.2, 0.25) is 0 Å². The normalized spacial score (nSPS) is 15.9. The molecule has 1 atom stereocenters. The second-order valence-corrected chi connectivity index (χ2v) is 13.0. The molecule has 1 aliphatic heterocycles. The Balaban J connectivity index is 1.35. The number of hydrogen-bond acceptors (Lipinski definition) is 8. The van der Waals surface area contributed by atoms with Gasteiger partial charge in [-0.05, 0) is 42.5 Å². The number of hydrogen-bond donors (Lipinski definition) is 2. The lowest BCUT2D eigenvalue weighted by atomic mass is 10.1. The summed E-state index contributed by atoms with van der Waals surface area (Å²) in [4.78, 5) is 40.1. The number of carbonyl (C=O) groups is 2. The highest BCUT2D eigenvalue weighted by atomic mass is 35.5. The van der Waals surface area contributed by atoms with Gasteiger partial charge in [0.15, 0.2) is 9.84 Å². The predicted molar refractivity (Wildman–Crippen MR) is 151 cm³/mol. The number of halogens is 1. The Morgan fingerprint density at radius 2 is 1.77 bits per heavy atom.